The molecule has 0 aliphatic carbocycles. The lowest BCUT2D eigenvalue weighted by Gasteiger charge is -2.04. The van der Waals surface area contributed by atoms with E-state index >= 15 is 0 Å². The quantitative estimate of drug-likeness (QED) is 0.337. The van der Waals surface area contributed by atoms with Crippen molar-refractivity contribution < 1.29 is 4.79 Å². The number of anilines is 2. The van der Waals surface area contributed by atoms with Gasteiger partial charge in [-0.2, -0.15) is 0 Å². The number of hydrogen-bond acceptors (Lipinski definition) is 7. The smallest absolute Gasteiger partial charge is 0.327 e. The first-order valence-corrected chi connectivity index (χ1v) is 6.54. The first-order valence-electron chi connectivity index (χ1n) is 5.55. The van der Waals surface area contributed by atoms with Crippen LogP contribution < -0.4 is 27.9 Å². The van der Waals surface area contributed by atoms with Gasteiger partial charge in [0.05, 0.1) is 5.75 Å². The van der Waals surface area contributed by atoms with Crippen molar-refractivity contribution in [2.24, 2.45) is 0 Å². The maximum absolute atomic E-state index is 11.7. The molecule has 0 saturated heterocycles. The van der Waals surface area contributed by atoms with E-state index < -0.39 is 22.7 Å². The van der Waals surface area contributed by atoms with E-state index in [2.05, 4.69) is 20.3 Å². The van der Waals surface area contributed by atoms with Gasteiger partial charge in [-0.1, -0.05) is 11.8 Å². The highest BCUT2D eigenvalue weighted by molar-refractivity contribution is 7.99. The Labute approximate surface area is 120 Å². The number of thioether (sulfide) groups is 1. The number of nitrogens with two attached hydrogens (primary N) is 1. The van der Waals surface area contributed by atoms with E-state index in [9.17, 15) is 19.2 Å². The number of aromatic amines is 3. The first kappa shape index (κ1) is 14.6. The summed E-state index contributed by atoms with van der Waals surface area (Å²) in [5, 5.41) is 2.53. The topological polar surface area (TPSA) is 167 Å². The van der Waals surface area contributed by atoms with Crippen LogP contribution >= 0.6 is 11.8 Å². The van der Waals surface area contributed by atoms with Gasteiger partial charge in [-0.05, 0) is 0 Å². The molecular formula is C10H10N6O4S. The van der Waals surface area contributed by atoms with Crippen LogP contribution in [0.25, 0.3) is 0 Å². The Morgan fingerprint density at radius 2 is 1.90 bits per heavy atom. The van der Waals surface area contributed by atoms with Crippen molar-refractivity contribution in [2.75, 3.05) is 16.8 Å². The lowest BCUT2D eigenvalue weighted by molar-refractivity contribution is -0.113. The van der Waals surface area contributed by atoms with Gasteiger partial charge in [0.25, 0.3) is 11.1 Å². The Balaban J connectivity index is 2.00. The molecule has 0 saturated carbocycles. The molecule has 2 aromatic heterocycles. The Bertz CT molecular complexity index is 810. The SMILES string of the molecule is Nc1cc(=O)[nH]c(SCC(=O)Nc2cc(=O)[nH]c(=O)[nH]2)n1. The van der Waals surface area contributed by atoms with Crippen LogP contribution in [0.3, 0.4) is 0 Å². The molecule has 110 valence electrons. The molecule has 0 unspecified atom stereocenters. The summed E-state index contributed by atoms with van der Waals surface area (Å²) in [5.74, 6) is -0.573. The van der Waals surface area contributed by atoms with Gasteiger partial charge in [0.2, 0.25) is 5.91 Å². The molecule has 1 amide bonds. The van der Waals surface area contributed by atoms with Gasteiger partial charge in [-0.3, -0.25) is 24.4 Å². The zero-order valence-electron chi connectivity index (χ0n) is 10.4. The fourth-order valence-electron chi connectivity index (χ4n) is 1.38. The molecule has 0 bridgehead atoms. The summed E-state index contributed by atoms with van der Waals surface area (Å²) in [6.07, 6.45) is 0. The molecule has 2 rings (SSSR count). The molecule has 11 heteroatoms. The average Bonchev–Trinajstić information content (AvgIpc) is 2.34. The van der Waals surface area contributed by atoms with Crippen LogP contribution in [-0.4, -0.2) is 31.6 Å². The van der Waals surface area contributed by atoms with Crippen molar-refractivity contribution in [3.05, 3.63) is 43.3 Å². The number of carbonyl (C=O) groups is 1. The van der Waals surface area contributed by atoms with Gasteiger partial charge in [0.1, 0.15) is 11.6 Å². The van der Waals surface area contributed by atoms with Crippen LogP contribution in [0.15, 0.2) is 31.7 Å². The van der Waals surface area contributed by atoms with Crippen molar-refractivity contribution in [2.45, 2.75) is 5.16 Å². The summed E-state index contributed by atoms with van der Waals surface area (Å²) >= 11 is 0.948. The summed E-state index contributed by atoms with van der Waals surface area (Å²) in [5.41, 5.74) is 3.61. The Hall–Kier alpha value is -2.82. The molecule has 0 radical (unpaired) electrons. The monoisotopic (exact) mass is 310 g/mol. The highest BCUT2D eigenvalue weighted by Gasteiger charge is 2.07. The van der Waals surface area contributed by atoms with Crippen LogP contribution in [0, 0.1) is 0 Å². The Kier molecular flexibility index (Phi) is 4.23. The lowest BCUT2D eigenvalue weighted by Crippen LogP contribution is -2.25. The number of aromatic nitrogens is 4. The lowest BCUT2D eigenvalue weighted by atomic mass is 10.5. The van der Waals surface area contributed by atoms with Crippen LogP contribution in [0.1, 0.15) is 0 Å². The second-order valence-electron chi connectivity index (χ2n) is 3.81. The third-order valence-corrected chi connectivity index (χ3v) is 2.99. The van der Waals surface area contributed by atoms with Crippen molar-refractivity contribution in [1.29, 1.82) is 0 Å². The maximum Gasteiger partial charge on any atom is 0.327 e. The number of nitrogen functional groups attached to an aromatic ring is 1. The Morgan fingerprint density at radius 1 is 1.19 bits per heavy atom. The van der Waals surface area contributed by atoms with E-state index in [0.717, 1.165) is 23.9 Å². The minimum Gasteiger partial charge on any atom is -0.383 e. The highest BCUT2D eigenvalue weighted by Crippen LogP contribution is 2.11. The van der Waals surface area contributed by atoms with Crippen LogP contribution in [-0.2, 0) is 4.79 Å². The summed E-state index contributed by atoms with van der Waals surface area (Å²) in [7, 11) is 0. The molecule has 0 aliphatic rings. The Morgan fingerprint density at radius 3 is 2.57 bits per heavy atom. The third-order valence-electron chi connectivity index (χ3n) is 2.11. The van der Waals surface area contributed by atoms with E-state index in [1.807, 2.05) is 4.98 Å². The average molecular weight is 310 g/mol. The number of hydrogen-bond donors (Lipinski definition) is 5. The zero-order chi connectivity index (χ0) is 15.4. The summed E-state index contributed by atoms with van der Waals surface area (Å²) in [4.78, 5) is 55.3. The largest absolute Gasteiger partial charge is 0.383 e. The number of nitrogens with one attached hydrogen (secondary N) is 4. The molecule has 0 atom stereocenters. The predicted molar refractivity (Wildman–Crippen MR) is 76.3 cm³/mol. The third kappa shape index (κ3) is 4.35. The molecule has 0 aliphatic heterocycles. The zero-order valence-corrected chi connectivity index (χ0v) is 11.2. The summed E-state index contributed by atoms with van der Waals surface area (Å²) in [6, 6.07) is 2.15. The molecule has 0 spiro atoms. The number of nitrogens with zero attached hydrogens (tertiary/aromatic N) is 1. The predicted octanol–water partition coefficient (Wildman–Crippen LogP) is -1.54. The van der Waals surface area contributed by atoms with Crippen LogP contribution in [0.5, 0.6) is 0 Å². The van der Waals surface area contributed by atoms with Crippen molar-refractivity contribution in [3.63, 3.8) is 0 Å². The van der Waals surface area contributed by atoms with E-state index in [4.69, 9.17) is 5.73 Å². The minimum absolute atomic E-state index is 0.0246. The van der Waals surface area contributed by atoms with Crippen molar-refractivity contribution >= 4 is 29.3 Å². The number of carbonyl (C=O) groups excluding carboxylic acids is 1. The van der Waals surface area contributed by atoms with Crippen molar-refractivity contribution in [1.82, 2.24) is 19.9 Å². The van der Waals surface area contributed by atoms with E-state index in [1.54, 1.807) is 0 Å². The molecular weight excluding hydrogens is 300 g/mol. The molecule has 2 aromatic rings. The minimum atomic E-state index is -0.729. The van der Waals surface area contributed by atoms with Crippen LogP contribution in [0.2, 0.25) is 0 Å². The first-order chi connectivity index (χ1) is 9.92. The van der Waals surface area contributed by atoms with Crippen LogP contribution in [0.4, 0.5) is 11.6 Å². The van der Waals surface area contributed by atoms with Gasteiger partial charge in [-0.15, -0.1) is 0 Å². The van der Waals surface area contributed by atoms with E-state index in [0.29, 0.717) is 0 Å². The molecule has 6 N–H and O–H groups in total. The molecule has 21 heavy (non-hydrogen) atoms. The van der Waals surface area contributed by atoms with Gasteiger partial charge in [0.15, 0.2) is 5.16 Å². The normalized spacial score (nSPS) is 10.3. The van der Waals surface area contributed by atoms with Gasteiger partial charge < -0.3 is 16.0 Å². The van der Waals surface area contributed by atoms with Gasteiger partial charge >= 0.3 is 5.69 Å². The molecule has 0 fully saturated rings. The standard InChI is InChI=1S/C10H10N6O4S/c11-4-1-6(17)16-10(12-4)21-3-8(19)13-5-2-7(18)15-9(20)14-5/h1-2H,3H2,(H3,11,12,16,17)(H3,13,14,15,18,19,20). The molecule has 2 heterocycles. The van der Waals surface area contributed by atoms with Crippen molar-refractivity contribution in [3.8, 4) is 0 Å². The summed E-state index contributed by atoms with van der Waals surface area (Å²) in [6.45, 7) is 0. The fraction of sp³-hybridized carbons (Fsp3) is 0.100. The number of amides is 1. The second-order valence-corrected chi connectivity index (χ2v) is 4.78. The second kappa shape index (κ2) is 6.09. The molecule has 0 aromatic carbocycles. The van der Waals surface area contributed by atoms with Gasteiger partial charge in [0, 0.05) is 12.1 Å². The maximum atomic E-state index is 11.7. The van der Waals surface area contributed by atoms with E-state index in [-0.39, 0.29) is 22.5 Å². The number of rotatable bonds is 4. The van der Waals surface area contributed by atoms with E-state index in [1.165, 1.54) is 0 Å². The van der Waals surface area contributed by atoms with Gasteiger partial charge in [-0.25, -0.2) is 9.78 Å². The molecule has 10 nitrogen and oxygen atoms in total. The fourth-order valence-corrected chi connectivity index (χ4v) is 2.06. The highest BCUT2D eigenvalue weighted by atomic mass is 32.2. The summed E-state index contributed by atoms with van der Waals surface area (Å²) < 4.78 is 0. The number of H-pyrrole nitrogens is 3.